The van der Waals surface area contributed by atoms with Crippen molar-refractivity contribution in [3.8, 4) is 11.5 Å². The number of urea groups is 2. The van der Waals surface area contributed by atoms with Crippen molar-refractivity contribution in [3.05, 3.63) is 119 Å². The van der Waals surface area contributed by atoms with E-state index in [1.165, 1.54) is 0 Å². The van der Waals surface area contributed by atoms with E-state index in [1.54, 1.807) is 60.7 Å². The highest BCUT2D eigenvalue weighted by Gasteiger charge is 2.34. The van der Waals surface area contributed by atoms with Crippen molar-refractivity contribution >= 4 is 35.0 Å². The van der Waals surface area contributed by atoms with E-state index in [0.29, 0.717) is 11.4 Å². The number of fused-ring (bicyclic) bond motifs is 2. The Morgan fingerprint density at radius 3 is 1.38 bits per heavy atom. The molecule has 0 radical (unpaired) electrons. The van der Waals surface area contributed by atoms with Crippen LogP contribution < -0.4 is 30.7 Å². The molecule has 4 aromatic rings. The summed E-state index contributed by atoms with van der Waals surface area (Å²) in [5, 5.41) is 10.8. The number of carbonyl (C=O) groups is 4. The Hall–Kier alpha value is -5.64. The second kappa shape index (κ2) is 13.1. The predicted molar refractivity (Wildman–Crippen MR) is 158 cm³/mol. The first-order valence-electron chi connectivity index (χ1n) is 13.3. The molecule has 1 aliphatic rings. The summed E-state index contributed by atoms with van der Waals surface area (Å²) in [6.45, 7) is 0.476. The molecular formula is C32H28N4O6. The molecular weight excluding hydrogens is 536 g/mol. The standard InChI is InChI=1S/C32H28N4O6/c37-29-23-13-7-15-25(41-19-17-33-31(39)35-21-9-3-1-4-10-21)27(23)30(38)28-24(29)14-8-16-26(28)42-20-18-34-32(40)36-22-11-5-2-6-12-22/h1-16H,17-20H2,(H2,33,35,39)(H2,34,36,40). The van der Waals surface area contributed by atoms with Gasteiger partial charge in [0, 0.05) is 22.5 Å². The maximum Gasteiger partial charge on any atom is 0.319 e. The molecule has 0 aliphatic heterocycles. The molecule has 10 nitrogen and oxygen atoms in total. The number of nitrogens with one attached hydrogen (secondary N) is 4. The quantitative estimate of drug-likeness (QED) is 0.179. The second-order valence-corrected chi connectivity index (χ2v) is 9.21. The van der Waals surface area contributed by atoms with Gasteiger partial charge in [0.1, 0.15) is 24.7 Å². The number of ether oxygens (including phenoxy) is 2. The lowest BCUT2D eigenvalue weighted by Crippen LogP contribution is -2.32. The van der Waals surface area contributed by atoms with E-state index >= 15 is 0 Å². The Morgan fingerprint density at radius 2 is 0.952 bits per heavy atom. The molecule has 0 atom stereocenters. The molecule has 42 heavy (non-hydrogen) atoms. The van der Waals surface area contributed by atoms with E-state index in [4.69, 9.17) is 9.47 Å². The largest absolute Gasteiger partial charge is 0.491 e. The molecule has 0 heterocycles. The van der Waals surface area contributed by atoms with Gasteiger partial charge in [-0.05, 0) is 36.4 Å². The van der Waals surface area contributed by atoms with Gasteiger partial charge in [-0.3, -0.25) is 9.59 Å². The number of hydrogen-bond acceptors (Lipinski definition) is 6. The minimum atomic E-state index is -0.407. The third-order valence-electron chi connectivity index (χ3n) is 6.35. The molecule has 0 unspecified atom stereocenters. The molecule has 212 valence electrons. The number of amides is 4. The van der Waals surface area contributed by atoms with E-state index in [1.807, 2.05) is 36.4 Å². The summed E-state index contributed by atoms with van der Waals surface area (Å²) >= 11 is 0. The van der Waals surface area contributed by atoms with Crippen molar-refractivity contribution in [3.63, 3.8) is 0 Å². The smallest absolute Gasteiger partial charge is 0.319 e. The number of hydrogen-bond donors (Lipinski definition) is 4. The molecule has 0 saturated carbocycles. The maximum absolute atomic E-state index is 13.7. The number of anilines is 2. The van der Waals surface area contributed by atoms with E-state index in [-0.39, 0.29) is 65.8 Å². The number of ketones is 2. The fourth-order valence-corrected chi connectivity index (χ4v) is 4.46. The van der Waals surface area contributed by atoms with Crippen LogP contribution in [-0.4, -0.2) is 49.9 Å². The van der Waals surface area contributed by atoms with Gasteiger partial charge in [-0.25, -0.2) is 9.59 Å². The number of rotatable bonds is 10. The van der Waals surface area contributed by atoms with Gasteiger partial charge < -0.3 is 30.7 Å². The summed E-state index contributed by atoms with van der Waals surface area (Å²) in [6.07, 6.45) is 0. The Kier molecular flexibility index (Phi) is 8.73. The van der Waals surface area contributed by atoms with Crippen LogP contribution >= 0.6 is 0 Å². The normalized spacial score (nSPS) is 11.5. The minimum Gasteiger partial charge on any atom is -0.491 e. The third-order valence-corrected chi connectivity index (χ3v) is 6.35. The van der Waals surface area contributed by atoms with Crippen LogP contribution in [0.3, 0.4) is 0 Å². The highest BCUT2D eigenvalue weighted by molar-refractivity contribution is 6.30. The van der Waals surface area contributed by atoms with Gasteiger partial charge in [-0.1, -0.05) is 60.7 Å². The van der Waals surface area contributed by atoms with Gasteiger partial charge in [-0.2, -0.15) is 0 Å². The molecule has 1 aliphatic carbocycles. The van der Waals surface area contributed by atoms with Gasteiger partial charge >= 0.3 is 12.1 Å². The lowest BCUT2D eigenvalue weighted by Gasteiger charge is -2.22. The van der Waals surface area contributed by atoms with E-state index in [0.717, 1.165) is 0 Å². The first-order chi connectivity index (χ1) is 20.5. The highest BCUT2D eigenvalue weighted by atomic mass is 16.5. The first kappa shape index (κ1) is 27.9. The fraction of sp³-hybridized carbons (Fsp3) is 0.125. The minimum absolute atomic E-state index is 0.0713. The molecule has 4 aromatic carbocycles. The molecule has 5 rings (SSSR count). The van der Waals surface area contributed by atoms with E-state index in [9.17, 15) is 19.2 Å². The molecule has 4 N–H and O–H groups in total. The zero-order valence-corrected chi connectivity index (χ0v) is 22.5. The van der Waals surface area contributed by atoms with Crippen molar-refractivity contribution in [2.75, 3.05) is 36.9 Å². The molecule has 0 fully saturated rings. The zero-order chi connectivity index (χ0) is 29.3. The molecule has 0 bridgehead atoms. The zero-order valence-electron chi connectivity index (χ0n) is 22.5. The third kappa shape index (κ3) is 6.56. The Balaban J connectivity index is 1.20. The highest BCUT2D eigenvalue weighted by Crippen LogP contribution is 2.37. The maximum atomic E-state index is 13.7. The average Bonchev–Trinajstić information content (AvgIpc) is 3.01. The SMILES string of the molecule is O=C(NCCOc1cccc2c1C(=O)c1c(OCCNC(=O)Nc3ccccc3)cccc1C2=O)Nc1ccccc1. The van der Waals surface area contributed by atoms with Crippen LogP contribution in [-0.2, 0) is 0 Å². The summed E-state index contributed by atoms with van der Waals surface area (Å²) in [5.74, 6) is -0.266. The van der Waals surface area contributed by atoms with E-state index in [2.05, 4.69) is 21.3 Å². The van der Waals surface area contributed by atoms with Gasteiger partial charge in [-0.15, -0.1) is 0 Å². The number of carbonyl (C=O) groups excluding carboxylic acids is 4. The predicted octanol–water partition coefficient (Wildman–Crippen LogP) is 4.86. The average molecular weight is 565 g/mol. The van der Waals surface area contributed by atoms with Crippen molar-refractivity contribution in [2.45, 2.75) is 0 Å². The van der Waals surface area contributed by atoms with Crippen LogP contribution in [0.4, 0.5) is 21.0 Å². The molecule has 0 spiro atoms. The first-order valence-corrected chi connectivity index (χ1v) is 13.3. The summed E-state index contributed by atoms with van der Waals surface area (Å²) in [5.41, 5.74) is 2.05. The molecule has 0 aromatic heterocycles. The van der Waals surface area contributed by atoms with Crippen molar-refractivity contribution < 1.29 is 28.7 Å². The summed E-state index contributed by atoms with van der Waals surface area (Å²) in [6, 6.07) is 26.9. The lowest BCUT2D eigenvalue weighted by molar-refractivity contribution is 0.0972. The van der Waals surface area contributed by atoms with Crippen molar-refractivity contribution in [1.82, 2.24) is 10.6 Å². The molecule has 10 heteroatoms. The van der Waals surface area contributed by atoms with Gasteiger partial charge in [0.2, 0.25) is 5.78 Å². The summed E-state index contributed by atoms with van der Waals surface area (Å²) in [4.78, 5) is 51.3. The number of benzene rings is 4. The van der Waals surface area contributed by atoms with Gasteiger partial charge in [0.25, 0.3) is 0 Å². The van der Waals surface area contributed by atoms with Gasteiger partial charge in [0.05, 0.1) is 24.2 Å². The molecule has 4 amide bonds. The Labute approximate surface area is 242 Å². The second-order valence-electron chi connectivity index (χ2n) is 9.21. The van der Waals surface area contributed by atoms with E-state index < -0.39 is 17.8 Å². The fourth-order valence-electron chi connectivity index (χ4n) is 4.46. The molecule has 0 saturated heterocycles. The summed E-state index contributed by atoms with van der Waals surface area (Å²) in [7, 11) is 0. The van der Waals surface area contributed by atoms with Gasteiger partial charge in [0.15, 0.2) is 5.78 Å². The Bertz CT molecular complexity index is 1490. The van der Waals surface area contributed by atoms with Crippen LogP contribution in [0.15, 0.2) is 97.1 Å². The van der Waals surface area contributed by atoms with Crippen LogP contribution in [0.5, 0.6) is 11.5 Å². The Morgan fingerprint density at radius 1 is 0.524 bits per heavy atom. The monoisotopic (exact) mass is 564 g/mol. The number of para-hydroxylation sites is 2. The van der Waals surface area contributed by atoms with Crippen LogP contribution in [0.1, 0.15) is 31.8 Å². The van der Waals surface area contributed by atoms with Crippen LogP contribution in [0.25, 0.3) is 0 Å². The lowest BCUT2D eigenvalue weighted by atomic mass is 9.83. The topological polar surface area (TPSA) is 135 Å². The van der Waals surface area contributed by atoms with Crippen LogP contribution in [0, 0.1) is 0 Å². The summed E-state index contributed by atoms with van der Waals surface area (Å²) < 4.78 is 11.7. The van der Waals surface area contributed by atoms with Crippen molar-refractivity contribution in [1.29, 1.82) is 0 Å². The van der Waals surface area contributed by atoms with Crippen molar-refractivity contribution in [2.24, 2.45) is 0 Å². The van der Waals surface area contributed by atoms with Crippen LogP contribution in [0.2, 0.25) is 0 Å².